The number of carbonyl (C=O) groups is 3. The minimum absolute atomic E-state index is 0.00226. The van der Waals surface area contributed by atoms with Gasteiger partial charge in [0, 0.05) is 127 Å². The number of nitrogens with zero attached hydrogens (tertiary/aromatic N) is 10. The van der Waals surface area contributed by atoms with Crippen molar-refractivity contribution in [1.82, 2.24) is 59.9 Å². The van der Waals surface area contributed by atoms with E-state index >= 15 is 0 Å². The number of rotatable bonds is 19. The van der Waals surface area contributed by atoms with E-state index in [4.69, 9.17) is 53.8 Å². The van der Waals surface area contributed by atoms with Crippen molar-refractivity contribution in [3.8, 4) is 23.0 Å². The average molecular weight is 1780 g/mol. The molecule has 8 aliphatic rings. The summed E-state index contributed by atoms with van der Waals surface area (Å²) in [6.45, 7) is 6.93. The molecule has 8 aliphatic heterocycles. The van der Waals surface area contributed by atoms with E-state index in [2.05, 4.69) is 89.0 Å². The zero-order valence-electron chi connectivity index (χ0n) is 69.1. The molecule has 125 heavy (non-hydrogen) atoms. The highest BCUT2D eigenvalue weighted by Crippen LogP contribution is 2.46. The maximum atomic E-state index is 14.5. The maximum Gasteiger partial charge on any atom is 0.258 e. The van der Waals surface area contributed by atoms with Gasteiger partial charge in [0.1, 0.15) is 92.0 Å². The number of nitrogens with one attached hydrogen (secondary N) is 9. The van der Waals surface area contributed by atoms with Crippen LogP contribution in [0.5, 0.6) is 23.0 Å². The predicted octanol–water partition coefficient (Wildman–Crippen LogP) is 17.6. The summed E-state index contributed by atoms with van der Waals surface area (Å²) in [6.07, 6.45) is 22.7. The van der Waals surface area contributed by atoms with Crippen LogP contribution in [0, 0.1) is 34.9 Å². The van der Waals surface area contributed by atoms with Crippen molar-refractivity contribution < 1.29 is 59.7 Å². The van der Waals surface area contributed by atoms with Crippen LogP contribution in [0.25, 0.3) is 43.6 Å². The van der Waals surface area contributed by atoms with E-state index in [1.54, 1.807) is 66.6 Å². The molecule has 7 aromatic carbocycles. The highest BCUT2D eigenvalue weighted by atomic mass is 35.5. The molecule has 7 unspecified atom stereocenters. The first-order valence-corrected chi connectivity index (χ1v) is 42.6. The number of benzene rings is 7. The van der Waals surface area contributed by atoms with Crippen molar-refractivity contribution >= 4 is 153 Å². The summed E-state index contributed by atoms with van der Waals surface area (Å²) in [7, 11) is 6.40. The van der Waals surface area contributed by atoms with Crippen LogP contribution in [0.3, 0.4) is 0 Å². The number of ether oxygens (including phenoxy) is 4. The molecule has 0 aliphatic carbocycles. The Morgan fingerprint density at radius 1 is 0.408 bits per heavy atom. The Kier molecular flexibility index (Phi) is 25.7. The van der Waals surface area contributed by atoms with Gasteiger partial charge in [-0.1, -0.05) is 41.4 Å². The Bertz CT molecular complexity index is 6000. The van der Waals surface area contributed by atoms with Gasteiger partial charge in [-0.2, -0.15) is 0 Å². The van der Waals surface area contributed by atoms with Crippen LogP contribution >= 0.6 is 34.8 Å². The fourth-order valence-electron chi connectivity index (χ4n) is 19.5. The monoisotopic (exact) mass is 1770 g/mol. The predicted molar refractivity (Wildman–Crippen MR) is 470 cm³/mol. The molecule has 36 heteroatoms. The Morgan fingerprint density at radius 2 is 0.704 bits per heavy atom. The number of hydrogen-bond acceptors (Lipinski definition) is 23. The van der Waals surface area contributed by atoms with E-state index in [0.29, 0.717) is 114 Å². The summed E-state index contributed by atoms with van der Waals surface area (Å²) in [5, 5.41) is 27.4. The van der Waals surface area contributed by atoms with Gasteiger partial charge < -0.3 is 81.2 Å². The van der Waals surface area contributed by atoms with Crippen LogP contribution in [-0.2, 0) is 14.4 Å². The third-order valence-electron chi connectivity index (χ3n) is 25.0. The molecular formula is C89H92Cl3F6N19O8. The number of piperidine rings is 4. The highest BCUT2D eigenvalue weighted by molar-refractivity contribution is 6.32. The van der Waals surface area contributed by atoms with Gasteiger partial charge >= 0.3 is 0 Å². The number of aromatic amines is 1. The molecule has 0 spiro atoms. The van der Waals surface area contributed by atoms with Crippen LogP contribution in [0.4, 0.5) is 83.6 Å². The van der Waals surface area contributed by atoms with Gasteiger partial charge in [0.05, 0.1) is 102 Å². The summed E-state index contributed by atoms with van der Waals surface area (Å²) < 4.78 is 106. The van der Waals surface area contributed by atoms with Crippen LogP contribution in [0.2, 0.25) is 15.1 Å². The molecule has 12 heterocycles. The number of halogens is 9. The van der Waals surface area contributed by atoms with E-state index in [1.165, 1.54) is 62.4 Å². The topological polar surface area (TPSA) is 317 Å². The first-order chi connectivity index (χ1) is 60.3. The third-order valence-corrected chi connectivity index (χ3v) is 26.0. The number of fused-ring (bicyclic) bond motifs is 12. The Hall–Kier alpha value is -11.9. The number of hydrogen-bond donors (Lipinski definition) is 9. The zero-order valence-corrected chi connectivity index (χ0v) is 71.3. The number of aromatic nitrogens is 8. The quantitative estimate of drug-likeness (QED) is 0.0206. The number of anilines is 10. The second-order valence-electron chi connectivity index (χ2n) is 32.6. The molecule has 0 saturated carbocycles. The summed E-state index contributed by atoms with van der Waals surface area (Å²) in [4.78, 5) is 86.8. The molecule has 9 N–H and O–H groups in total. The lowest BCUT2D eigenvalue weighted by Crippen LogP contribution is -2.49. The number of methoxy groups -OCH3 is 4. The van der Waals surface area contributed by atoms with Crippen molar-refractivity contribution in [2.24, 2.45) is 0 Å². The van der Waals surface area contributed by atoms with Gasteiger partial charge in [-0.25, -0.2) is 61.2 Å². The average Bonchev–Trinajstić information content (AvgIpc) is 0.859. The minimum Gasteiger partial charge on any atom is -0.495 e. The first-order valence-electron chi connectivity index (χ1n) is 41.4. The fourth-order valence-corrected chi connectivity index (χ4v) is 20.0. The van der Waals surface area contributed by atoms with Gasteiger partial charge in [-0.05, 0) is 169 Å². The van der Waals surface area contributed by atoms with Gasteiger partial charge in [-0.3, -0.25) is 19.2 Å². The molecule has 9 atom stereocenters. The molecule has 3 amide bonds. The summed E-state index contributed by atoms with van der Waals surface area (Å²) >= 11 is 17.2. The van der Waals surface area contributed by atoms with Gasteiger partial charge in [0.25, 0.3) is 5.56 Å². The molecule has 8 bridgehead atoms. The Labute approximate surface area is 729 Å². The van der Waals surface area contributed by atoms with Crippen molar-refractivity contribution in [1.29, 1.82) is 0 Å². The fraction of sp³-hybridized carbons (Fsp3) is 0.382. The smallest absolute Gasteiger partial charge is 0.258 e. The molecule has 654 valence electrons. The lowest BCUT2D eigenvalue weighted by Gasteiger charge is -2.39. The van der Waals surface area contributed by atoms with Gasteiger partial charge in [0.2, 0.25) is 17.7 Å². The van der Waals surface area contributed by atoms with Crippen molar-refractivity contribution in [2.75, 3.05) is 65.7 Å². The standard InChI is InChI=1S/C25H24ClF2N5O2.C24H24ClF2N5O2.C22H22ClF2N5O.C18H22N4O3/c1-3-22(34)33-14-4-5-15(33)9-13(8-14)31-20-10-16-19(11-21(20)35-2)29-12-30-25(16)32-18-7-6-17(27)23(26)24(18)28;1-12(33)32-14-3-4-15(32)8-13(7-14)30-20-9-16-19(10-21(20)34-2)28-11-29-24(16)31-18-6-5-17(26)22(25)23(18)27;1-31-19-9-17-14(8-18(19)29-13-6-11-2-3-12(7-13)28-11)22(27-10-26-17)30-16-5-4-15(24)20(23)21(16)25;1-10(23)22-12-3-4-13(22)6-11(5-12)21-16-7-14-15(8-17(16)25-2)19-9-20-18(14)24/h3,6-7,10-15,31H,1,4-5,8-9H2,2H3,(H,29,30,32);5-6,9-11,13-15,30H,3-4,7-8H2,1-2H3,(H,28,29,31);4-5,8-13,28-29H,2-3,6-7H2,1H3,(H,26,27,30);7-9,11-13,21H,3-6H2,1-2H3,(H,19,20,24)/t13?,14-,15+;;;. The van der Waals surface area contributed by atoms with Crippen molar-refractivity contribution in [2.45, 2.75) is 189 Å². The zero-order chi connectivity index (χ0) is 87.8. The van der Waals surface area contributed by atoms with E-state index in [-0.39, 0.29) is 82.6 Å². The molecule has 0 radical (unpaired) electrons. The maximum absolute atomic E-state index is 14.5. The van der Waals surface area contributed by atoms with Gasteiger partial charge in [0.15, 0.2) is 17.5 Å². The largest absolute Gasteiger partial charge is 0.495 e. The number of carbonyl (C=O) groups excluding carboxylic acids is 3. The lowest BCUT2D eigenvalue weighted by molar-refractivity contribution is -0.134. The first kappa shape index (κ1) is 86.6. The highest BCUT2D eigenvalue weighted by Gasteiger charge is 2.46. The summed E-state index contributed by atoms with van der Waals surface area (Å²) in [6, 6.07) is 25.2. The normalized spacial score (nSPS) is 22.4. The van der Waals surface area contributed by atoms with Crippen LogP contribution in [0.15, 0.2) is 128 Å². The molecular weight excluding hydrogens is 1680 g/mol. The molecule has 27 nitrogen and oxygen atoms in total. The Balaban J connectivity index is 0.000000124. The SMILES string of the molecule is C=CC(=O)N1[C@@H]2CC[C@H]1CC(Nc1cc3c(Nc4ccc(F)c(Cl)c4F)ncnc3cc1OC)C2.COc1cc2nc[nH]c(=O)c2cc1NC1CC2CCC(C1)N2C(C)=O.COc1cc2ncnc(Nc3ccc(F)c(Cl)c3F)c2cc1NC1CC2CCC(C1)N2.COc1cc2ncnc(Nc3ccc(F)c(Cl)c3F)c2cc1NC1CC2CCC(C1)N2C(C)=O. The lowest BCUT2D eigenvalue weighted by atomic mass is 9.96. The van der Waals surface area contributed by atoms with E-state index in [1.807, 2.05) is 39.0 Å². The Morgan fingerprint density at radius 3 is 1.01 bits per heavy atom. The van der Waals surface area contributed by atoms with Crippen LogP contribution in [0.1, 0.15) is 117 Å². The van der Waals surface area contributed by atoms with E-state index < -0.39 is 50.0 Å². The van der Waals surface area contributed by atoms with Crippen LogP contribution < -0.4 is 67.0 Å². The number of amides is 3. The van der Waals surface area contributed by atoms with E-state index in [0.717, 1.165) is 131 Å². The summed E-state index contributed by atoms with van der Waals surface area (Å²) in [5.74, 6) is -1.20. The summed E-state index contributed by atoms with van der Waals surface area (Å²) in [5.41, 5.74) is 5.43. The second kappa shape index (κ2) is 37.1. The molecule has 8 fully saturated rings. The minimum atomic E-state index is -0.901. The molecule has 11 aromatic rings. The van der Waals surface area contributed by atoms with Crippen molar-refractivity contribution in [3.05, 3.63) is 183 Å². The van der Waals surface area contributed by atoms with Crippen LogP contribution in [-0.4, -0.2) is 173 Å². The molecule has 8 saturated heterocycles. The van der Waals surface area contributed by atoms with E-state index in [9.17, 15) is 45.5 Å². The third kappa shape index (κ3) is 18.2. The van der Waals surface area contributed by atoms with Crippen molar-refractivity contribution in [3.63, 3.8) is 0 Å². The number of H-pyrrole nitrogens is 1. The molecule has 19 rings (SSSR count). The second-order valence-corrected chi connectivity index (χ2v) is 33.7. The van der Waals surface area contributed by atoms with Gasteiger partial charge in [-0.15, -0.1) is 0 Å². The molecule has 4 aromatic heterocycles.